The highest BCUT2D eigenvalue weighted by Gasteiger charge is 2.28. The normalized spacial score (nSPS) is 20.8. The monoisotopic (exact) mass is 321 g/mol. The number of pyridine rings is 1. The second-order valence-electron chi connectivity index (χ2n) is 6.91. The molecule has 2 aromatic heterocycles. The molecule has 1 aromatic carbocycles. The van der Waals surface area contributed by atoms with E-state index >= 15 is 0 Å². The molecule has 0 radical (unpaired) electrons. The standard InChI is InChI=1S/C19H19N3O2/c1-11-2-5-16-14(8-11)15(9-17(20-16)12-3-4-12)19-21-18(22-24-19)13-6-7-23-10-13/h2,5,8-9,12-13H,3-4,6-7,10H2,1H3. The van der Waals surface area contributed by atoms with Gasteiger partial charge < -0.3 is 9.26 Å². The van der Waals surface area contributed by atoms with Gasteiger partial charge >= 0.3 is 0 Å². The lowest BCUT2D eigenvalue weighted by Gasteiger charge is -2.07. The zero-order valence-corrected chi connectivity index (χ0v) is 13.7. The first kappa shape index (κ1) is 14.1. The molecule has 1 saturated carbocycles. The summed E-state index contributed by atoms with van der Waals surface area (Å²) in [6, 6.07) is 8.48. The molecule has 5 nitrogen and oxygen atoms in total. The minimum absolute atomic E-state index is 0.250. The highest BCUT2D eigenvalue weighted by molar-refractivity contribution is 5.93. The lowest BCUT2D eigenvalue weighted by atomic mass is 10.0. The van der Waals surface area contributed by atoms with Gasteiger partial charge in [-0.1, -0.05) is 16.8 Å². The lowest BCUT2D eigenvalue weighted by Crippen LogP contribution is -1.99. The zero-order valence-electron chi connectivity index (χ0n) is 13.7. The van der Waals surface area contributed by atoms with Crippen molar-refractivity contribution in [3.8, 4) is 11.5 Å². The summed E-state index contributed by atoms with van der Waals surface area (Å²) in [4.78, 5) is 9.52. The van der Waals surface area contributed by atoms with Crippen LogP contribution in [0.5, 0.6) is 0 Å². The van der Waals surface area contributed by atoms with E-state index in [4.69, 9.17) is 14.2 Å². The quantitative estimate of drug-likeness (QED) is 0.730. The third kappa shape index (κ3) is 2.40. The highest BCUT2D eigenvalue weighted by Crippen LogP contribution is 2.41. The van der Waals surface area contributed by atoms with Gasteiger partial charge in [0.25, 0.3) is 5.89 Å². The van der Waals surface area contributed by atoms with Crippen LogP contribution in [0.2, 0.25) is 0 Å². The number of benzene rings is 1. The molecule has 5 heteroatoms. The van der Waals surface area contributed by atoms with Crippen molar-refractivity contribution in [3.63, 3.8) is 0 Å². The van der Waals surface area contributed by atoms with Crippen molar-refractivity contribution in [2.75, 3.05) is 13.2 Å². The van der Waals surface area contributed by atoms with E-state index < -0.39 is 0 Å². The first-order valence-corrected chi connectivity index (χ1v) is 8.61. The average molecular weight is 321 g/mol. The van der Waals surface area contributed by atoms with Gasteiger partial charge in [0.1, 0.15) is 0 Å². The van der Waals surface area contributed by atoms with Crippen LogP contribution < -0.4 is 0 Å². The minimum Gasteiger partial charge on any atom is -0.381 e. The lowest BCUT2D eigenvalue weighted by molar-refractivity contribution is 0.192. The second-order valence-corrected chi connectivity index (χ2v) is 6.91. The molecule has 1 aliphatic heterocycles. The smallest absolute Gasteiger partial charge is 0.258 e. The molecule has 0 amide bonds. The van der Waals surface area contributed by atoms with Crippen LogP contribution in [0.4, 0.5) is 0 Å². The maximum absolute atomic E-state index is 5.62. The molecule has 0 bridgehead atoms. The van der Waals surface area contributed by atoms with Crippen LogP contribution in [-0.2, 0) is 4.74 Å². The number of aromatic nitrogens is 3. The molecule has 1 unspecified atom stereocenters. The highest BCUT2D eigenvalue weighted by atomic mass is 16.5. The Balaban J connectivity index is 1.65. The number of rotatable bonds is 3. The van der Waals surface area contributed by atoms with Crippen molar-refractivity contribution < 1.29 is 9.26 Å². The zero-order chi connectivity index (χ0) is 16.1. The minimum atomic E-state index is 0.250. The van der Waals surface area contributed by atoms with Gasteiger partial charge in [-0.05, 0) is 44.4 Å². The van der Waals surface area contributed by atoms with Crippen molar-refractivity contribution in [1.82, 2.24) is 15.1 Å². The third-order valence-corrected chi connectivity index (χ3v) is 4.95. The molecular weight excluding hydrogens is 302 g/mol. The topological polar surface area (TPSA) is 61.0 Å². The largest absolute Gasteiger partial charge is 0.381 e. The maximum Gasteiger partial charge on any atom is 0.258 e. The van der Waals surface area contributed by atoms with E-state index in [1.165, 1.54) is 18.4 Å². The van der Waals surface area contributed by atoms with Gasteiger partial charge in [0, 0.05) is 29.5 Å². The maximum atomic E-state index is 5.62. The summed E-state index contributed by atoms with van der Waals surface area (Å²) >= 11 is 0. The molecule has 5 rings (SSSR count). The van der Waals surface area contributed by atoms with Crippen LogP contribution in [0.25, 0.3) is 22.4 Å². The van der Waals surface area contributed by atoms with Gasteiger partial charge in [0.15, 0.2) is 5.82 Å². The number of hydrogen-bond acceptors (Lipinski definition) is 5. The molecule has 3 aromatic rings. The van der Waals surface area contributed by atoms with E-state index in [1.54, 1.807) is 0 Å². The van der Waals surface area contributed by atoms with Gasteiger partial charge in [0.2, 0.25) is 0 Å². The summed E-state index contributed by atoms with van der Waals surface area (Å²) in [5.74, 6) is 2.19. The molecule has 0 spiro atoms. The summed E-state index contributed by atoms with van der Waals surface area (Å²) in [5, 5.41) is 5.29. The Morgan fingerprint density at radius 1 is 1.04 bits per heavy atom. The summed E-state index contributed by atoms with van der Waals surface area (Å²) in [6.45, 7) is 3.55. The summed E-state index contributed by atoms with van der Waals surface area (Å²) in [6.07, 6.45) is 3.40. The number of fused-ring (bicyclic) bond motifs is 1. The summed E-state index contributed by atoms with van der Waals surface area (Å²) < 4.78 is 11.1. The molecule has 1 atom stereocenters. The Morgan fingerprint density at radius 3 is 2.75 bits per heavy atom. The number of aryl methyl sites for hydroxylation is 1. The van der Waals surface area contributed by atoms with Crippen LogP contribution >= 0.6 is 0 Å². The number of nitrogens with zero attached hydrogens (tertiary/aromatic N) is 3. The number of hydrogen-bond donors (Lipinski definition) is 0. The second kappa shape index (κ2) is 5.38. The van der Waals surface area contributed by atoms with Crippen molar-refractivity contribution in [2.45, 2.75) is 38.0 Å². The van der Waals surface area contributed by atoms with E-state index in [-0.39, 0.29) is 5.92 Å². The van der Waals surface area contributed by atoms with Gasteiger partial charge in [-0.2, -0.15) is 4.98 Å². The molecular formula is C19H19N3O2. The van der Waals surface area contributed by atoms with Crippen molar-refractivity contribution >= 4 is 10.9 Å². The fraction of sp³-hybridized carbons (Fsp3) is 0.421. The number of ether oxygens (including phenoxy) is 1. The molecule has 1 aliphatic carbocycles. The first-order valence-electron chi connectivity index (χ1n) is 8.61. The Bertz CT molecular complexity index is 908. The van der Waals surface area contributed by atoms with Crippen LogP contribution in [0.15, 0.2) is 28.8 Å². The Labute approximate surface area is 140 Å². The molecule has 24 heavy (non-hydrogen) atoms. The van der Waals surface area contributed by atoms with Crippen LogP contribution in [0.3, 0.4) is 0 Å². The van der Waals surface area contributed by atoms with E-state index in [2.05, 4.69) is 41.3 Å². The molecule has 2 fully saturated rings. The molecule has 0 N–H and O–H groups in total. The summed E-state index contributed by atoms with van der Waals surface area (Å²) in [7, 11) is 0. The van der Waals surface area contributed by atoms with Gasteiger partial charge in [-0.3, -0.25) is 4.98 Å². The van der Waals surface area contributed by atoms with Crippen molar-refractivity contribution in [2.24, 2.45) is 0 Å². The molecule has 122 valence electrons. The van der Waals surface area contributed by atoms with Crippen molar-refractivity contribution in [1.29, 1.82) is 0 Å². The average Bonchev–Trinajstić information content (AvgIpc) is 3.10. The molecule has 3 heterocycles. The Kier molecular flexibility index (Phi) is 3.16. The summed E-state index contributed by atoms with van der Waals surface area (Å²) in [5.41, 5.74) is 4.35. The van der Waals surface area contributed by atoms with E-state index in [1.807, 2.05) is 0 Å². The van der Waals surface area contributed by atoms with E-state index in [9.17, 15) is 0 Å². The Morgan fingerprint density at radius 2 is 1.96 bits per heavy atom. The van der Waals surface area contributed by atoms with Crippen molar-refractivity contribution in [3.05, 3.63) is 41.3 Å². The molecule has 2 aliphatic rings. The Hall–Kier alpha value is -2.27. The fourth-order valence-corrected chi connectivity index (χ4v) is 3.37. The molecule has 1 saturated heterocycles. The van der Waals surface area contributed by atoms with E-state index in [0.29, 0.717) is 18.4 Å². The van der Waals surface area contributed by atoms with Gasteiger partial charge in [-0.15, -0.1) is 0 Å². The fourth-order valence-electron chi connectivity index (χ4n) is 3.37. The first-order chi connectivity index (χ1) is 11.8. The van der Waals surface area contributed by atoms with Crippen LogP contribution in [0.1, 0.15) is 48.2 Å². The van der Waals surface area contributed by atoms with Crippen LogP contribution in [-0.4, -0.2) is 28.3 Å². The predicted molar refractivity (Wildman–Crippen MR) is 89.9 cm³/mol. The van der Waals surface area contributed by atoms with Gasteiger partial charge in [0.05, 0.1) is 17.7 Å². The SMILES string of the molecule is Cc1ccc2nc(C3CC3)cc(-c3nc(C4CCOC4)no3)c2c1. The predicted octanol–water partition coefficient (Wildman–Crippen LogP) is 3.97. The third-order valence-electron chi connectivity index (χ3n) is 4.95. The van der Waals surface area contributed by atoms with Crippen LogP contribution in [0, 0.1) is 6.92 Å². The van der Waals surface area contributed by atoms with Gasteiger partial charge in [-0.25, -0.2) is 0 Å². The van der Waals surface area contributed by atoms with E-state index in [0.717, 1.165) is 41.0 Å².